The van der Waals surface area contributed by atoms with Crippen LogP contribution >= 0.6 is 0 Å². The number of unbranched alkanes of at least 4 members (excludes halogenated alkanes) is 1. The van der Waals surface area contributed by atoms with Crippen LogP contribution in [0.4, 0.5) is 0 Å². The molecule has 0 bridgehead atoms. The third-order valence-electron chi connectivity index (χ3n) is 3.97. The Hall–Kier alpha value is -1.06. The van der Waals surface area contributed by atoms with Gasteiger partial charge < -0.3 is 10.2 Å². The molecule has 4 nitrogen and oxygen atoms in total. The highest BCUT2D eigenvalue weighted by Gasteiger charge is 2.50. The maximum absolute atomic E-state index is 12.7. The average molecular weight is 268 g/mol. The van der Waals surface area contributed by atoms with Crippen LogP contribution < -0.4 is 5.32 Å². The summed E-state index contributed by atoms with van der Waals surface area (Å²) in [5, 5.41) is 2.93. The monoisotopic (exact) mass is 268 g/mol. The van der Waals surface area contributed by atoms with Crippen LogP contribution in [0.15, 0.2) is 0 Å². The van der Waals surface area contributed by atoms with Gasteiger partial charge in [0, 0.05) is 6.54 Å². The molecule has 2 atom stereocenters. The van der Waals surface area contributed by atoms with E-state index in [0.717, 1.165) is 12.8 Å². The first-order valence-electron chi connectivity index (χ1n) is 7.30. The Labute approximate surface area is 116 Å². The van der Waals surface area contributed by atoms with E-state index in [1.165, 1.54) is 0 Å². The van der Waals surface area contributed by atoms with Gasteiger partial charge in [-0.15, -0.1) is 0 Å². The SMILES string of the molecule is CCCCN1C(=O)C(C)(CC)NC(=O)C1C(C)(C)C. The highest BCUT2D eigenvalue weighted by molar-refractivity contribution is 5.99. The van der Waals surface area contributed by atoms with Crippen LogP contribution in [-0.2, 0) is 9.59 Å². The molecule has 110 valence electrons. The Morgan fingerprint density at radius 3 is 2.26 bits per heavy atom. The number of carbonyl (C=O) groups is 2. The first-order chi connectivity index (χ1) is 8.67. The largest absolute Gasteiger partial charge is 0.340 e. The summed E-state index contributed by atoms with van der Waals surface area (Å²) in [5.74, 6) is 0.0375. The lowest BCUT2D eigenvalue weighted by atomic mass is 9.80. The standard InChI is InChI=1S/C15H28N2O2/c1-7-9-10-17-11(14(3,4)5)12(18)16-15(6,8-2)13(17)19/h11H,7-10H2,1-6H3,(H,16,18). The number of nitrogens with one attached hydrogen (secondary N) is 1. The summed E-state index contributed by atoms with van der Waals surface area (Å²) in [6.07, 6.45) is 2.58. The molecule has 1 fully saturated rings. The smallest absolute Gasteiger partial charge is 0.248 e. The molecule has 1 aliphatic heterocycles. The van der Waals surface area contributed by atoms with Crippen LogP contribution in [0.25, 0.3) is 0 Å². The van der Waals surface area contributed by atoms with Crippen molar-refractivity contribution in [3.63, 3.8) is 0 Å². The second-order valence-electron chi connectivity index (χ2n) is 6.80. The Balaban J connectivity index is 3.11. The predicted octanol–water partition coefficient (Wildman–Crippen LogP) is 2.33. The maximum atomic E-state index is 12.7. The van der Waals surface area contributed by atoms with Gasteiger partial charge in [-0.05, 0) is 25.2 Å². The lowest BCUT2D eigenvalue weighted by Crippen LogP contribution is -2.71. The molecular formula is C15H28N2O2. The van der Waals surface area contributed by atoms with Gasteiger partial charge in [-0.1, -0.05) is 41.0 Å². The van der Waals surface area contributed by atoms with Crippen molar-refractivity contribution in [2.45, 2.75) is 72.4 Å². The van der Waals surface area contributed by atoms with Crippen molar-refractivity contribution in [2.24, 2.45) is 5.41 Å². The van der Waals surface area contributed by atoms with Gasteiger partial charge in [0.1, 0.15) is 11.6 Å². The van der Waals surface area contributed by atoms with E-state index in [1.807, 2.05) is 34.6 Å². The molecule has 1 saturated heterocycles. The zero-order chi connectivity index (χ0) is 14.8. The lowest BCUT2D eigenvalue weighted by Gasteiger charge is -2.48. The fourth-order valence-electron chi connectivity index (χ4n) is 2.63. The molecule has 1 aliphatic rings. The first kappa shape index (κ1) is 16.0. The summed E-state index contributed by atoms with van der Waals surface area (Å²) in [6.45, 7) is 12.6. The van der Waals surface area contributed by atoms with E-state index in [2.05, 4.69) is 12.2 Å². The summed E-state index contributed by atoms with van der Waals surface area (Å²) in [7, 11) is 0. The molecule has 0 aromatic rings. The number of piperazine rings is 1. The predicted molar refractivity (Wildman–Crippen MR) is 76.7 cm³/mol. The van der Waals surface area contributed by atoms with E-state index in [1.54, 1.807) is 4.90 Å². The van der Waals surface area contributed by atoms with Crippen molar-refractivity contribution >= 4 is 11.8 Å². The van der Waals surface area contributed by atoms with Crippen LogP contribution in [0, 0.1) is 5.41 Å². The zero-order valence-corrected chi connectivity index (χ0v) is 13.2. The number of rotatable bonds is 4. The zero-order valence-electron chi connectivity index (χ0n) is 13.2. The molecule has 0 aliphatic carbocycles. The van der Waals surface area contributed by atoms with Crippen LogP contribution in [0.1, 0.15) is 60.8 Å². The van der Waals surface area contributed by atoms with Gasteiger partial charge in [0.25, 0.3) is 0 Å². The van der Waals surface area contributed by atoms with Gasteiger partial charge in [0.2, 0.25) is 11.8 Å². The quantitative estimate of drug-likeness (QED) is 0.850. The molecule has 0 aromatic carbocycles. The third-order valence-corrected chi connectivity index (χ3v) is 3.97. The average Bonchev–Trinajstić information content (AvgIpc) is 2.30. The van der Waals surface area contributed by atoms with Gasteiger partial charge in [0.05, 0.1) is 0 Å². The number of carbonyl (C=O) groups excluding carboxylic acids is 2. The van der Waals surface area contributed by atoms with Gasteiger partial charge in [-0.2, -0.15) is 0 Å². The third kappa shape index (κ3) is 3.10. The summed E-state index contributed by atoms with van der Waals surface area (Å²) < 4.78 is 0. The number of nitrogens with zero attached hydrogens (tertiary/aromatic N) is 1. The van der Waals surface area contributed by atoms with Crippen LogP contribution in [0.5, 0.6) is 0 Å². The molecule has 2 amide bonds. The summed E-state index contributed by atoms with van der Waals surface area (Å²) >= 11 is 0. The van der Waals surface area contributed by atoms with Crippen molar-refractivity contribution in [3.8, 4) is 0 Å². The van der Waals surface area contributed by atoms with E-state index in [9.17, 15) is 9.59 Å². The fourth-order valence-corrected chi connectivity index (χ4v) is 2.63. The molecule has 1 rings (SSSR count). The van der Waals surface area contributed by atoms with Crippen LogP contribution in [0.3, 0.4) is 0 Å². The van der Waals surface area contributed by atoms with Gasteiger partial charge in [-0.25, -0.2) is 0 Å². The van der Waals surface area contributed by atoms with Gasteiger partial charge >= 0.3 is 0 Å². The minimum absolute atomic E-state index is 0.0208. The Morgan fingerprint density at radius 1 is 1.26 bits per heavy atom. The number of hydrogen-bond donors (Lipinski definition) is 1. The maximum Gasteiger partial charge on any atom is 0.248 e. The van der Waals surface area contributed by atoms with Crippen molar-refractivity contribution in [2.75, 3.05) is 6.54 Å². The van der Waals surface area contributed by atoms with Gasteiger partial charge in [0.15, 0.2) is 0 Å². The highest BCUT2D eigenvalue weighted by Crippen LogP contribution is 2.31. The van der Waals surface area contributed by atoms with Crippen LogP contribution in [0.2, 0.25) is 0 Å². The Morgan fingerprint density at radius 2 is 1.84 bits per heavy atom. The summed E-state index contributed by atoms with van der Waals surface area (Å²) in [6, 6.07) is -0.369. The second-order valence-corrected chi connectivity index (χ2v) is 6.80. The van der Waals surface area contributed by atoms with Crippen LogP contribution in [-0.4, -0.2) is 34.8 Å². The fraction of sp³-hybridized carbons (Fsp3) is 0.867. The molecular weight excluding hydrogens is 240 g/mol. The molecule has 1 N–H and O–H groups in total. The minimum Gasteiger partial charge on any atom is -0.340 e. The van der Waals surface area contributed by atoms with E-state index in [4.69, 9.17) is 0 Å². The molecule has 4 heteroatoms. The minimum atomic E-state index is -0.743. The van der Waals surface area contributed by atoms with Gasteiger partial charge in [-0.3, -0.25) is 9.59 Å². The van der Waals surface area contributed by atoms with E-state index in [-0.39, 0.29) is 23.3 Å². The van der Waals surface area contributed by atoms with Crippen molar-refractivity contribution in [1.82, 2.24) is 10.2 Å². The number of amides is 2. The van der Waals surface area contributed by atoms with Crippen molar-refractivity contribution in [1.29, 1.82) is 0 Å². The Bertz CT molecular complexity index is 360. The molecule has 0 radical (unpaired) electrons. The lowest BCUT2D eigenvalue weighted by molar-refractivity contribution is -0.159. The molecule has 1 heterocycles. The molecule has 0 spiro atoms. The second kappa shape index (κ2) is 5.51. The molecule has 0 saturated carbocycles. The summed E-state index contributed by atoms with van der Waals surface area (Å²) in [5.41, 5.74) is -0.991. The van der Waals surface area contributed by atoms with Crippen molar-refractivity contribution < 1.29 is 9.59 Å². The van der Waals surface area contributed by atoms with Crippen molar-refractivity contribution in [3.05, 3.63) is 0 Å². The first-order valence-corrected chi connectivity index (χ1v) is 7.30. The topological polar surface area (TPSA) is 49.4 Å². The number of hydrogen-bond acceptors (Lipinski definition) is 2. The van der Waals surface area contributed by atoms with E-state index >= 15 is 0 Å². The highest BCUT2D eigenvalue weighted by atomic mass is 16.2. The van der Waals surface area contributed by atoms with E-state index in [0.29, 0.717) is 13.0 Å². The molecule has 2 unspecified atom stereocenters. The molecule has 0 aromatic heterocycles. The Kier molecular flexibility index (Phi) is 4.64. The molecule has 19 heavy (non-hydrogen) atoms. The van der Waals surface area contributed by atoms with E-state index < -0.39 is 5.54 Å². The summed E-state index contributed by atoms with van der Waals surface area (Å²) in [4.78, 5) is 26.9. The normalized spacial score (nSPS) is 28.5.